The van der Waals surface area contributed by atoms with Crippen molar-refractivity contribution in [2.45, 2.75) is 19.5 Å². The summed E-state index contributed by atoms with van der Waals surface area (Å²) in [5.74, 6) is -0.157. The zero-order valence-electron chi connectivity index (χ0n) is 18.5. The lowest BCUT2D eigenvalue weighted by molar-refractivity contribution is -0.111. The first kappa shape index (κ1) is 21.8. The normalized spacial score (nSPS) is 15.2. The fraction of sp³-hybridized carbons (Fsp3) is 0.308. The quantitative estimate of drug-likeness (QED) is 0.580. The number of piperazine rings is 1. The van der Waals surface area contributed by atoms with Gasteiger partial charge in [-0.15, -0.1) is 0 Å². The number of carbonyl (C=O) groups excluding carboxylic acids is 1. The van der Waals surface area contributed by atoms with E-state index in [0.717, 1.165) is 54.9 Å². The SMILES string of the molecule is CN1CCN(Cc2cccc(NC(=O)/C=C/c3cn(CCC#N)c4ccccc34)c2)CC1. The summed E-state index contributed by atoms with van der Waals surface area (Å²) in [6.45, 7) is 5.85. The number of aryl methyl sites for hydroxylation is 1. The fourth-order valence-electron chi connectivity index (χ4n) is 4.12. The van der Waals surface area contributed by atoms with Crippen molar-refractivity contribution >= 4 is 28.6 Å². The summed E-state index contributed by atoms with van der Waals surface area (Å²) in [5.41, 5.74) is 4.05. The van der Waals surface area contributed by atoms with Gasteiger partial charge >= 0.3 is 0 Å². The zero-order valence-corrected chi connectivity index (χ0v) is 18.5. The van der Waals surface area contributed by atoms with Gasteiger partial charge < -0.3 is 14.8 Å². The molecule has 0 atom stereocenters. The molecular formula is C26H29N5O. The third kappa shape index (κ3) is 5.44. The fourth-order valence-corrected chi connectivity index (χ4v) is 4.12. The molecule has 1 fully saturated rings. The molecule has 3 aromatic rings. The molecule has 1 aliphatic rings. The number of para-hydroxylation sites is 1. The summed E-state index contributed by atoms with van der Waals surface area (Å²) in [7, 11) is 2.16. The van der Waals surface area contributed by atoms with Crippen LogP contribution >= 0.6 is 0 Å². The first-order valence-electron chi connectivity index (χ1n) is 11.1. The standard InChI is InChI=1S/C26H29N5O/c1-29-14-16-30(17-15-29)19-21-6-4-7-23(18-21)28-26(32)11-10-22-20-31(13-5-12-27)25-9-3-2-8-24(22)25/h2-4,6-11,18,20H,5,13-17,19H2,1H3,(H,28,32)/b11-10+. The molecule has 0 unspecified atom stereocenters. The van der Waals surface area contributed by atoms with Gasteiger partial charge in [-0.3, -0.25) is 9.69 Å². The lowest BCUT2D eigenvalue weighted by Crippen LogP contribution is -2.43. The van der Waals surface area contributed by atoms with Crippen molar-refractivity contribution in [1.29, 1.82) is 5.26 Å². The molecule has 2 aromatic carbocycles. The van der Waals surface area contributed by atoms with Gasteiger partial charge in [-0.1, -0.05) is 30.3 Å². The minimum atomic E-state index is -0.157. The minimum absolute atomic E-state index is 0.157. The van der Waals surface area contributed by atoms with Gasteiger partial charge in [0.05, 0.1) is 12.5 Å². The Morgan fingerprint density at radius 2 is 1.94 bits per heavy atom. The maximum Gasteiger partial charge on any atom is 0.248 e. The van der Waals surface area contributed by atoms with Crippen molar-refractivity contribution in [2.75, 3.05) is 38.5 Å². The Kier molecular flexibility index (Phi) is 7.00. The van der Waals surface area contributed by atoms with E-state index < -0.39 is 0 Å². The molecule has 0 saturated carbocycles. The zero-order chi connectivity index (χ0) is 22.3. The lowest BCUT2D eigenvalue weighted by atomic mass is 10.1. The van der Waals surface area contributed by atoms with Crippen molar-refractivity contribution in [3.8, 4) is 6.07 Å². The monoisotopic (exact) mass is 427 g/mol. The molecule has 0 spiro atoms. The van der Waals surface area contributed by atoms with Crippen LogP contribution in [0.25, 0.3) is 17.0 Å². The smallest absolute Gasteiger partial charge is 0.248 e. The summed E-state index contributed by atoms with van der Waals surface area (Å²) in [4.78, 5) is 17.4. The Hall–Kier alpha value is -3.40. The highest BCUT2D eigenvalue weighted by Gasteiger charge is 2.14. The summed E-state index contributed by atoms with van der Waals surface area (Å²) in [6.07, 6.45) is 5.87. The Morgan fingerprint density at radius 1 is 1.12 bits per heavy atom. The van der Waals surface area contributed by atoms with Crippen LogP contribution in [-0.4, -0.2) is 53.5 Å². The van der Waals surface area contributed by atoms with E-state index in [-0.39, 0.29) is 5.91 Å². The lowest BCUT2D eigenvalue weighted by Gasteiger charge is -2.32. The predicted octanol–water partition coefficient (Wildman–Crippen LogP) is 3.95. The van der Waals surface area contributed by atoms with Crippen LogP contribution in [0.5, 0.6) is 0 Å². The Labute approximate surface area is 189 Å². The second-order valence-electron chi connectivity index (χ2n) is 8.31. The first-order valence-corrected chi connectivity index (χ1v) is 11.1. The molecule has 6 nitrogen and oxygen atoms in total. The summed E-state index contributed by atoms with van der Waals surface area (Å²) < 4.78 is 2.07. The largest absolute Gasteiger partial charge is 0.346 e. The van der Waals surface area contributed by atoms with Gasteiger partial charge in [-0.2, -0.15) is 5.26 Å². The van der Waals surface area contributed by atoms with Gasteiger partial charge in [-0.25, -0.2) is 0 Å². The van der Waals surface area contributed by atoms with Crippen LogP contribution in [0.1, 0.15) is 17.5 Å². The molecule has 1 N–H and O–H groups in total. The van der Waals surface area contributed by atoms with Gasteiger partial charge in [0.25, 0.3) is 0 Å². The molecule has 0 aliphatic carbocycles. The van der Waals surface area contributed by atoms with Crippen molar-refractivity contribution in [3.63, 3.8) is 0 Å². The molecule has 0 radical (unpaired) electrons. The Balaban J connectivity index is 1.41. The summed E-state index contributed by atoms with van der Waals surface area (Å²) in [5, 5.41) is 13.0. The summed E-state index contributed by atoms with van der Waals surface area (Å²) in [6, 6.07) is 18.3. The van der Waals surface area contributed by atoms with Crippen LogP contribution in [0.3, 0.4) is 0 Å². The number of anilines is 1. The van der Waals surface area contributed by atoms with E-state index in [1.807, 2.05) is 48.7 Å². The highest BCUT2D eigenvalue weighted by atomic mass is 16.1. The molecule has 6 heteroatoms. The van der Waals surface area contributed by atoms with Crippen LogP contribution in [0.15, 0.2) is 60.8 Å². The number of benzene rings is 2. The highest BCUT2D eigenvalue weighted by molar-refractivity contribution is 6.03. The average molecular weight is 428 g/mol. The van der Waals surface area contributed by atoms with Crippen molar-refractivity contribution in [1.82, 2.24) is 14.4 Å². The maximum absolute atomic E-state index is 12.6. The minimum Gasteiger partial charge on any atom is -0.346 e. The van der Waals surface area contributed by atoms with Crippen molar-refractivity contribution in [2.24, 2.45) is 0 Å². The molecule has 2 heterocycles. The van der Waals surface area contributed by atoms with E-state index in [1.165, 1.54) is 5.56 Å². The third-order valence-corrected chi connectivity index (χ3v) is 5.89. The third-order valence-electron chi connectivity index (χ3n) is 5.89. The Morgan fingerprint density at radius 3 is 2.75 bits per heavy atom. The van der Waals surface area contributed by atoms with Gasteiger partial charge in [0.2, 0.25) is 5.91 Å². The highest BCUT2D eigenvalue weighted by Crippen LogP contribution is 2.23. The predicted molar refractivity (Wildman–Crippen MR) is 129 cm³/mol. The second-order valence-corrected chi connectivity index (χ2v) is 8.31. The van der Waals surface area contributed by atoms with Crippen LogP contribution in [0, 0.1) is 11.3 Å². The number of aromatic nitrogens is 1. The van der Waals surface area contributed by atoms with Gasteiger partial charge in [-0.05, 0) is 36.9 Å². The Bertz CT molecular complexity index is 1150. The van der Waals surface area contributed by atoms with Crippen molar-refractivity contribution < 1.29 is 4.79 Å². The topological polar surface area (TPSA) is 64.3 Å². The molecule has 32 heavy (non-hydrogen) atoms. The first-order chi connectivity index (χ1) is 15.6. The molecule has 164 valence electrons. The number of nitrogens with one attached hydrogen (secondary N) is 1. The number of hydrogen-bond acceptors (Lipinski definition) is 4. The number of hydrogen-bond donors (Lipinski definition) is 1. The van der Waals surface area contributed by atoms with Gasteiger partial charge in [0.1, 0.15) is 0 Å². The average Bonchev–Trinajstić information content (AvgIpc) is 3.16. The molecule has 0 bridgehead atoms. The molecule has 1 aromatic heterocycles. The van der Waals surface area contributed by atoms with Gasteiger partial charge in [0, 0.05) is 73.7 Å². The number of nitriles is 1. The molecule has 1 aliphatic heterocycles. The summed E-state index contributed by atoms with van der Waals surface area (Å²) >= 11 is 0. The number of fused-ring (bicyclic) bond motifs is 1. The van der Waals surface area contributed by atoms with Crippen LogP contribution in [-0.2, 0) is 17.9 Å². The van der Waals surface area contributed by atoms with E-state index in [9.17, 15) is 4.79 Å². The number of likely N-dealkylation sites (N-methyl/N-ethyl adjacent to an activating group) is 1. The number of amides is 1. The molecule has 1 saturated heterocycles. The van der Waals surface area contributed by atoms with Crippen LogP contribution in [0.4, 0.5) is 5.69 Å². The molecular weight excluding hydrogens is 398 g/mol. The number of rotatable bonds is 7. The van der Waals surface area contributed by atoms with Gasteiger partial charge in [0.15, 0.2) is 0 Å². The number of carbonyl (C=O) groups is 1. The van der Waals surface area contributed by atoms with Crippen LogP contribution < -0.4 is 5.32 Å². The molecule has 4 rings (SSSR count). The van der Waals surface area contributed by atoms with E-state index >= 15 is 0 Å². The van der Waals surface area contributed by atoms with E-state index in [4.69, 9.17) is 5.26 Å². The number of nitrogens with zero attached hydrogens (tertiary/aromatic N) is 4. The van der Waals surface area contributed by atoms with E-state index in [2.05, 4.69) is 44.9 Å². The maximum atomic E-state index is 12.6. The van der Waals surface area contributed by atoms with E-state index in [0.29, 0.717) is 13.0 Å². The van der Waals surface area contributed by atoms with E-state index in [1.54, 1.807) is 6.08 Å². The van der Waals surface area contributed by atoms with Crippen LogP contribution in [0.2, 0.25) is 0 Å². The molecule has 1 amide bonds. The second kappa shape index (κ2) is 10.3. The van der Waals surface area contributed by atoms with Crippen molar-refractivity contribution in [3.05, 3.63) is 71.9 Å².